The second-order valence-corrected chi connectivity index (χ2v) is 5.14. The molecular formula is C11H18N2O2S. The SMILES string of the molecule is COCc1nc(C)c(C(=O)NCC(C)C)s1. The lowest BCUT2D eigenvalue weighted by atomic mass is 10.2. The summed E-state index contributed by atoms with van der Waals surface area (Å²) in [5, 5.41) is 3.73. The van der Waals surface area contributed by atoms with Crippen molar-refractivity contribution in [1.29, 1.82) is 0 Å². The van der Waals surface area contributed by atoms with Crippen LogP contribution >= 0.6 is 11.3 Å². The fourth-order valence-corrected chi connectivity index (χ4v) is 2.18. The van der Waals surface area contributed by atoms with Gasteiger partial charge in [0.15, 0.2) is 0 Å². The molecule has 0 aliphatic rings. The summed E-state index contributed by atoms with van der Waals surface area (Å²) in [5.41, 5.74) is 0.776. The van der Waals surface area contributed by atoms with Crippen LogP contribution in [0.25, 0.3) is 0 Å². The third-order valence-corrected chi connectivity index (χ3v) is 3.12. The molecule has 1 N–H and O–H groups in total. The Morgan fingerprint density at radius 1 is 1.56 bits per heavy atom. The Hall–Kier alpha value is -0.940. The maximum atomic E-state index is 11.8. The van der Waals surface area contributed by atoms with Crippen LogP contribution in [0.1, 0.15) is 34.2 Å². The van der Waals surface area contributed by atoms with Crippen LogP contribution in [-0.4, -0.2) is 24.5 Å². The minimum absolute atomic E-state index is 0.0361. The maximum Gasteiger partial charge on any atom is 0.263 e. The molecule has 16 heavy (non-hydrogen) atoms. The monoisotopic (exact) mass is 242 g/mol. The quantitative estimate of drug-likeness (QED) is 0.859. The highest BCUT2D eigenvalue weighted by molar-refractivity contribution is 7.13. The molecule has 0 fully saturated rings. The van der Waals surface area contributed by atoms with Crippen LogP contribution in [0.3, 0.4) is 0 Å². The average Bonchev–Trinajstić information content (AvgIpc) is 2.56. The third kappa shape index (κ3) is 3.57. The van der Waals surface area contributed by atoms with E-state index in [4.69, 9.17) is 4.74 Å². The lowest BCUT2D eigenvalue weighted by Gasteiger charge is -2.05. The van der Waals surface area contributed by atoms with Crippen LogP contribution in [0.15, 0.2) is 0 Å². The van der Waals surface area contributed by atoms with Crippen molar-refractivity contribution in [2.45, 2.75) is 27.4 Å². The average molecular weight is 242 g/mol. The Kier molecular flexibility index (Phi) is 4.89. The standard InChI is InChI=1S/C11H18N2O2S/c1-7(2)5-12-11(14)10-8(3)13-9(16-10)6-15-4/h7H,5-6H2,1-4H3,(H,12,14). The van der Waals surface area contributed by atoms with Crippen molar-refractivity contribution in [3.05, 3.63) is 15.6 Å². The van der Waals surface area contributed by atoms with Gasteiger partial charge in [0, 0.05) is 13.7 Å². The molecule has 0 bridgehead atoms. The molecule has 0 spiro atoms. The third-order valence-electron chi connectivity index (χ3n) is 1.99. The molecule has 90 valence electrons. The van der Waals surface area contributed by atoms with Gasteiger partial charge in [-0.1, -0.05) is 13.8 Å². The summed E-state index contributed by atoms with van der Waals surface area (Å²) >= 11 is 1.40. The van der Waals surface area contributed by atoms with E-state index in [0.29, 0.717) is 23.9 Å². The zero-order valence-corrected chi connectivity index (χ0v) is 11.0. The van der Waals surface area contributed by atoms with E-state index in [2.05, 4.69) is 24.1 Å². The number of amides is 1. The number of nitrogens with zero attached hydrogens (tertiary/aromatic N) is 1. The van der Waals surface area contributed by atoms with Gasteiger partial charge in [0.05, 0.1) is 12.3 Å². The molecule has 0 unspecified atom stereocenters. The molecule has 0 aliphatic carbocycles. The Labute approximate surface area is 100 Å². The lowest BCUT2D eigenvalue weighted by molar-refractivity contribution is 0.0952. The first-order valence-corrected chi connectivity index (χ1v) is 6.09. The van der Waals surface area contributed by atoms with E-state index < -0.39 is 0 Å². The van der Waals surface area contributed by atoms with Crippen LogP contribution in [-0.2, 0) is 11.3 Å². The van der Waals surface area contributed by atoms with Crippen molar-refractivity contribution < 1.29 is 9.53 Å². The number of methoxy groups -OCH3 is 1. The van der Waals surface area contributed by atoms with E-state index in [1.165, 1.54) is 11.3 Å². The number of thiazole rings is 1. The van der Waals surface area contributed by atoms with Crippen molar-refractivity contribution >= 4 is 17.2 Å². The molecule has 1 rings (SSSR count). The second-order valence-electron chi connectivity index (χ2n) is 4.06. The summed E-state index contributed by atoms with van der Waals surface area (Å²) in [4.78, 5) is 16.8. The second kappa shape index (κ2) is 5.96. The summed E-state index contributed by atoms with van der Waals surface area (Å²) < 4.78 is 4.99. The Morgan fingerprint density at radius 2 is 2.25 bits per heavy atom. The number of ether oxygens (including phenoxy) is 1. The van der Waals surface area contributed by atoms with Crippen molar-refractivity contribution in [2.75, 3.05) is 13.7 Å². The predicted molar refractivity (Wildman–Crippen MR) is 64.7 cm³/mol. The van der Waals surface area contributed by atoms with Gasteiger partial charge in [0.25, 0.3) is 5.91 Å². The Bertz CT molecular complexity index is 361. The molecular weight excluding hydrogens is 224 g/mol. The van der Waals surface area contributed by atoms with Crippen LogP contribution in [0.2, 0.25) is 0 Å². The molecule has 1 heterocycles. The number of carbonyl (C=O) groups excluding carboxylic acids is 1. The van der Waals surface area contributed by atoms with Crippen LogP contribution < -0.4 is 5.32 Å². The fourth-order valence-electron chi connectivity index (χ4n) is 1.23. The first-order valence-electron chi connectivity index (χ1n) is 5.28. The fraction of sp³-hybridized carbons (Fsp3) is 0.636. The van der Waals surface area contributed by atoms with Gasteiger partial charge in [-0.15, -0.1) is 11.3 Å². The molecule has 1 aromatic heterocycles. The van der Waals surface area contributed by atoms with Crippen molar-refractivity contribution in [2.24, 2.45) is 5.92 Å². The zero-order valence-electron chi connectivity index (χ0n) is 10.2. The number of hydrogen-bond acceptors (Lipinski definition) is 4. The highest BCUT2D eigenvalue weighted by Gasteiger charge is 2.14. The summed E-state index contributed by atoms with van der Waals surface area (Å²) in [7, 11) is 1.62. The van der Waals surface area contributed by atoms with Crippen LogP contribution in [0.4, 0.5) is 0 Å². The minimum Gasteiger partial charge on any atom is -0.378 e. The molecule has 0 atom stereocenters. The Balaban J connectivity index is 2.67. The van der Waals surface area contributed by atoms with Gasteiger partial charge in [-0.25, -0.2) is 4.98 Å². The van der Waals surface area contributed by atoms with E-state index >= 15 is 0 Å². The molecule has 0 radical (unpaired) electrons. The zero-order chi connectivity index (χ0) is 12.1. The molecule has 1 amide bonds. The molecule has 0 saturated heterocycles. The number of nitrogens with one attached hydrogen (secondary N) is 1. The number of rotatable bonds is 5. The normalized spacial score (nSPS) is 10.8. The molecule has 0 aromatic carbocycles. The number of carbonyl (C=O) groups is 1. The number of aryl methyl sites for hydroxylation is 1. The largest absolute Gasteiger partial charge is 0.378 e. The van der Waals surface area contributed by atoms with Gasteiger partial charge < -0.3 is 10.1 Å². The van der Waals surface area contributed by atoms with E-state index in [-0.39, 0.29) is 5.91 Å². The summed E-state index contributed by atoms with van der Waals surface area (Å²) in [5.74, 6) is 0.418. The predicted octanol–water partition coefficient (Wildman–Crippen LogP) is 1.98. The highest BCUT2D eigenvalue weighted by Crippen LogP contribution is 2.18. The topological polar surface area (TPSA) is 51.2 Å². The van der Waals surface area contributed by atoms with Crippen LogP contribution in [0.5, 0.6) is 0 Å². The van der Waals surface area contributed by atoms with Crippen molar-refractivity contribution in [3.8, 4) is 0 Å². The lowest BCUT2D eigenvalue weighted by Crippen LogP contribution is -2.27. The van der Waals surface area contributed by atoms with Crippen molar-refractivity contribution in [3.63, 3.8) is 0 Å². The molecule has 4 nitrogen and oxygen atoms in total. The molecule has 0 aliphatic heterocycles. The Morgan fingerprint density at radius 3 is 2.81 bits per heavy atom. The van der Waals surface area contributed by atoms with Gasteiger partial charge in [-0.05, 0) is 12.8 Å². The first kappa shape index (κ1) is 13.1. The maximum absolute atomic E-state index is 11.8. The summed E-state index contributed by atoms with van der Waals surface area (Å²) in [6.45, 7) is 7.13. The smallest absolute Gasteiger partial charge is 0.263 e. The molecule has 0 saturated carbocycles. The van der Waals surface area contributed by atoms with Crippen molar-refractivity contribution in [1.82, 2.24) is 10.3 Å². The first-order chi connectivity index (χ1) is 7.54. The number of aromatic nitrogens is 1. The molecule has 5 heteroatoms. The van der Waals surface area contributed by atoms with Gasteiger partial charge in [-0.2, -0.15) is 0 Å². The van der Waals surface area contributed by atoms with Gasteiger partial charge in [0.1, 0.15) is 9.88 Å². The van der Waals surface area contributed by atoms with E-state index in [0.717, 1.165) is 10.7 Å². The number of hydrogen-bond donors (Lipinski definition) is 1. The molecule has 1 aromatic rings. The van der Waals surface area contributed by atoms with Gasteiger partial charge in [-0.3, -0.25) is 4.79 Å². The highest BCUT2D eigenvalue weighted by atomic mass is 32.1. The van der Waals surface area contributed by atoms with E-state index in [1.807, 2.05) is 6.92 Å². The van der Waals surface area contributed by atoms with E-state index in [1.54, 1.807) is 7.11 Å². The van der Waals surface area contributed by atoms with E-state index in [9.17, 15) is 4.79 Å². The summed E-state index contributed by atoms with van der Waals surface area (Å²) in [6.07, 6.45) is 0. The minimum atomic E-state index is -0.0361. The van der Waals surface area contributed by atoms with Crippen LogP contribution in [0, 0.1) is 12.8 Å². The van der Waals surface area contributed by atoms with Gasteiger partial charge in [0.2, 0.25) is 0 Å². The summed E-state index contributed by atoms with van der Waals surface area (Å²) in [6, 6.07) is 0. The van der Waals surface area contributed by atoms with Gasteiger partial charge >= 0.3 is 0 Å².